The fourth-order valence-corrected chi connectivity index (χ4v) is 4.68. The molecule has 1 unspecified atom stereocenters. The van der Waals surface area contributed by atoms with E-state index in [4.69, 9.17) is 16.3 Å². The van der Waals surface area contributed by atoms with Crippen molar-refractivity contribution in [2.75, 3.05) is 26.7 Å². The Bertz CT molecular complexity index is 1020. The zero-order valence-electron chi connectivity index (χ0n) is 17.5. The molecule has 4 rings (SSSR count). The summed E-state index contributed by atoms with van der Waals surface area (Å²) in [6.07, 6.45) is 4.21. The number of methoxy groups -OCH3 is 1. The first-order chi connectivity index (χ1) is 14.5. The van der Waals surface area contributed by atoms with Crippen LogP contribution in [0.15, 0.2) is 48.7 Å². The van der Waals surface area contributed by atoms with Gasteiger partial charge in [0.1, 0.15) is 5.75 Å². The highest BCUT2D eigenvalue weighted by Crippen LogP contribution is 2.34. The number of hydrogen-bond acceptors (Lipinski definition) is 3. The van der Waals surface area contributed by atoms with E-state index in [2.05, 4.69) is 33.5 Å². The first-order valence-electron chi connectivity index (χ1n) is 10.5. The molecule has 0 radical (unpaired) electrons. The topological polar surface area (TPSA) is 57.4 Å². The fourth-order valence-electron chi connectivity index (χ4n) is 4.38. The minimum Gasteiger partial charge on any atom is -0.497 e. The molecule has 1 fully saturated rings. The van der Waals surface area contributed by atoms with E-state index in [1.807, 2.05) is 37.3 Å². The van der Waals surface area contributed by atoms with Crippen LogP contribution in [0.5, 0.6) is 5.75 Å². The van der Waals surface area contributed by atoms with Crippen LogP contribution in [-0.2, 0) is 4.79 Å². The van der Waals surface area contributed by atoms with E-state index in [0.29, 0.717) is 17.5 Å². The van der Waals surface area contributed by atoms with Gasteiger partial charge >= 0.3 is 0 Å². The van der Waals surface area contributed by atoms with Crippen molar-refractivity contribution in [3.05, 3.63) is 64.8 Å². The van der Waals surface area contributed by atoms with Crippen molar-refractivity contribution in [3.8, 4) is 5.75 Å². The molecule has 1 atom stereocenters. The van der Waals surface area contributed by atoms with Crippen molar-refractivity contribution in [2.45, 2.75) is 31.7 Å². The summed E-state index contributed by atoms with van der Waals surface area (Å²) in [4.78, 5) is 18.2. The van der Waals surface area contributed by atoms with Gasteiger partial charge in [-0.05, 0) is 74.2 Å². The highest BCUT2D eigenvalue weighted by molar-refractivity contribution is 6.31. The van der Waals surface area contributed by atoms with E-state index >= 15 is 0 Å². The molecule has 158 valence electrons. The molecule has 0 bridgehead atoms. The minimum absolute atomic E-state index is 0.0395. The van der Waals surface area contributed by atoms with Gasteiger partial charge in [-0.1, -0.05) is 29.8 Å². The zero-order chi connectivity index (χ0) is 21.1. The predicted molar refractivity (Wildman–Crippen MR) is 121 cm³/mol. The van der Waals surface area contributed by atoms with Crippen molar-refractivity contribution in [2.24, 2.45) is 0 Å². The maximum atomic E-state index is 12.5. The number of rotatable bonds is 6. The molecular weight excluding hydrogens is 398 g/mol. The summed E-state index contributed by atoms with van der Waals surface area (Å²) < 4.78 is 5.39. The molecule has 2 heterocycles. The normalized spacial score (nSPS) is 16.5. The molecule has 5 nitrogen and oxygen atoms in total. The van der Waals surface area contributed by atoms with Gasteiger partial charge < -0.3 is 15.0 Å². The number of hydrogen-bond donors (Lipinski definition) is 2. The van der Waals surface area contributed by atoms with Crippen molar-refractivity contribution in [3.63, 3.8) is 0 Å². The number of amides is 1. The van der Waals surface area contributed by atoms with Crippen LogP contribution in [0.1, 0.15) is 42.9 Å². The van der Waals surface area contributed by atoms with Crippen LogP contribution in [0, 0.1) is 0 Å². The molecule has 2 N–H and O–H groups in total. The van der Waals surface area contributed by atoms with E-state index in [9.17, 15) is 4.79 Å². The van der Waals surface area contributed by atoms with Gasteiger partial charge in [0.15, 0.2) is 0 Å². The lowest BCUT2D eigenvalue weighted by Crippen LogP contribution is -2.41. The van der Waals surface area contributed by atoms with E-state index in [1.54, 1.807) is 7.11 Å². The monoisotopic (exact) mass is 425 g/mol. The summed E-state index contributed by atoms with van der Waals surface area (Å²) in [7, 11) is 1.70. The Morgan fingerprint density at radius 3 is 2.77 bits per heavy atom. The molecule has 1 aliphatic heterocycles. The predicted octanol–water partition coefficient (Wildman–Crippen LogP) is 4.89. The first-order valence-corrected chi connectivity index (χ1v) is 10.8. The molecular formula is C24H28ClN3O2. The van der Waals surface area contributed by atoms with Crippen LogP contribution in [0.4, 0.5) is 0 Å². The first kappa shape index (κ1) is 20.8. The number of ether oxygens (including phenoxy) is 1. The van der Waals surface area contributed by atoms with Crippen LogP contribution in [-0.4, -0.2) is 42.5 Å². The van der Waals surface area contributed by atoms with Crippen LogP contribution in [0.2, 0.25) is 5.02 Å². The third kappa shape index (κ3) is 4.47. The second-order valence-corrected chi connectivity index (χ2v) is 8.42. The minimum atomic E-state index is -0.107. The number of nitrogens with zero attached hydrogens (tertiary/aromatic N) is 1. The van der Waals surface area contributed by atoms with E-state index in [1.165, 1.54) is 10.9 Å². The summed E-state index contributed by atoms with van der Waals surface area (Å²) in [5.41, 5.74) is 3.43. The summed E-state index contributed by atoms with van der Waals surface area (Å²) in [5.74, 6) is 1.41. The van der Waals surface area contributed by atoms with Gasteiger partial charge in [0.2, 0.25) is 5.91 Å². The van der Waals surface area contributed by atoms with Gasteiger partial charge in [-0.25, -0.2) is 0 Å². The Labute approximate surface area is 182 Å². The zero-order valence-corrected chi connectivity index (χ0v) is 18.2. The molecule has 0 aliphatic carbocycles. The molecule has 3 aromatic rings. The van der Waals surface area contributed by atoms with Gasteiger partial charge in [-0.3, -0.25) is 9.69 Å². The number of H-pyrrole nitrogens is 1. The van der Waals surface area contributed by atoms with E-state index < -0.39 is 0 Å². The van der Waals surface area contributed by atoms with Crippen LogP contribution >= 0.6 is 11.6 Å². The number of piperidine rings is 1. The van der Waals surface area contributed by atoms with Crippen molar-refractivity contribution >= 4 is 28.4 Å². The third-order valence-electron chi connectivity index (χ3n) is 6.06. The Hall–Kier alpha value is -2.50. The number of nitrogens with one attached hydrogen (secondary N) is 2. The molecule has 1 saturated heterocycles. The summed E-state index contributed by atoms with van der Waals surface area (Å²) in [5, 5.41) is 4.99. The standard InChI is InChI=1S/C24H28ClN3O2/c1-16(19-5-3-4-6-22(19)25)27-24(29)15-28-11-9-17(10-12-28)21-14-26-23-8-7-18(30-2)13-20(21)23/h3-8,13-14,16-17,26H,9-12,15H2,1-2H3,(H,27,29). The van der Waals surface area contributed by atoms with Gasteiger partial charge in [-0.15, -0.1) is 0 Å². The second-order valence-electron chi connectivity index (χ2n) is 8.02. The Balaban J connectivity index is 1.33. The average molecular weight is 426 g/mol. The number of benzene rings is 2. The van der Waals surface area contributed by atoms with Crippen LogP contribution < -0.4 is 10.1 Å². The molecule has 0 saturated carbocycles. The van der Waals surface area contributed by atoms with Crippen LogP contribution in [0.3, 0.4) is 0 Å². The molecule has 1 aromatic heterocycles. The summed E-state index contributed by atoms with van der Waals surface area (Å²) in [6.45, 7) is 4.21. The maximum Gasteiger partial charge on any atom is 0.234 e. The Morgan fingerprint density at radius 2 is 2.03 bits per heavy atom. The van der Waals surface area contributed by atoms with Crippen molar-refractivity contribution in [1.82, 2.24) is 15.2 Å². The SMILES string of the molecule is COc1ccc2[nH]cc(C3CCN(CC(=O)NC(C)c4ccccc4Cl)CC3)c2c1. The number of likely N-dealkylation sites (tertiary alicyclic amines) is 1. The van der Waals surface area contributed by atoms with Crippen molar-refractivity contribution < 1.29 is 9.53 Å². The average Bonchev–Trinajstić information content (AvgIpc) is 3.17. The highest BCUT2D eigenvalue weighted by atomic mass is 35.5. The van der Waals surface area contributed by atoms with E-state index in [0.717, 1.165) is 42.8 Å². The molecule has 0 spiro atoms. The van der Waals surface area contributed by atoms with Gasteiger partial charge in [-0.2, -0.15) is 0 Å². The molecule has 30 heavy (non-hydrogen) atoms. The molecule has 2 aromatic carbocycles. The number of aromatic amines is 1. The number of carbonyl (C=O) groups is 1. The van der Waals surface area contributed by atoms with Gasteiger partial charge in [0, 0.05) is 22.1 Å². The largest absolute Gasteiger partial charge is 0.497 e. The maximum absolute atomic E-state index is 12.5. The number of aromatic nitrogens is 1. The third-order valence-corrected chi connectivity index (χ3v) is 6.41. The Morgan fingerprint density at radius 1 is 1.27 bits per heavy atom. The lowest BCUT2D eigenvalue weighted by Gasteiger charge is -2.31. The number of fused-ring (bicyclic) bond motifs is 1. The molecule has 1 aliphatic rings. The lowest BCUT2D eigenvalue weighted by molar-refractivity contribution is -0.123. The molecule has 1 amide bonds. The smallest absolute Gasteiger partial charge is 0.234 e. The van der Waals surface area contributed by atoms with Crippen LogP contribution in [0.25, 0.3) is 10.9 Å². The summed E-state index contributed by atoms with van der Waals surface area (Å²) >= 11 is 6.25. The lowest BCUT2D eigenvalue weighted by atomic mass is 9.89. The second kappa shape index (κ2) is 9.11. The van der Waals surface area contributed by atoms with E-state index in [-0.39, 0.29) is 11.9 Å². The highest BCUT2D eigenvalue weighted by Gasteiger charge is 2.24. The van der Waals surface area contributed by atoms with Gasteiger partial charge in [0.25, 0.3) is 0 Å². The molecule has 6 heteroatoms. The van der Waals surface area contributed by atoms with Gasteiger partial charge in [0.05, 0.1) is 19.7 Å². The van der Waals surface area contributed by atoms with Crippen molar-refractivity contribution in [1.29, 1.82) is 0 Å². The fraction of sp³-hybridized carbons (Fsp3) is 0.375. The quantitative estimate of drug-likeness (QED) is 0.591. The number of halogens is 1. The summed E-state index contributed by atoms with van der Waals surface area (Å²) in [6, 6.07) is 13.7. The number of carbonyl (C=O) groups excluding carboxylic acids is 1. The Kier molecular flexibility index (Phi) is 6.30.